The number of aliphatic hydroxyl groups is 1. The van der Waals surface area contributed by atoms with Crippen LogP contribution in [0.3, 0.4) is 0 Å². The minimum atomic E-state index is 0. The maximum atomic E-state index is 11.9. The lowest BCUT2D eigenvalue weighted by Crippen LogP contribution is -2.45. The van der Waals surface area contributed by atoms with Gasteiger partial charge in [-0.3, -0.25) is 9.79 Å². The largest absolute Gasteiger partial charge is 0.394 e. The molecule has 1 amide bonds. The highest BCUT2D eigenvalue weighted by Gasteiger charge is 2.27. The number of carbonyl (C=O) groups is 1. The summed E-state index contributed by atoms with van der Waals surface area (Å²) in [6, 6.07) is 0.235. The lowest BCUT2D eigenvalue weighted by molar-refractivity contribution is -0.133. The second-order valence-corrected chi connectivity index (χ2v) is 5.05. The average molecular weight is 398 g/mol. The topological polar surface area (TPSA) is 77.0 Å². The Labute approximate surface area is 138 Å². The first kappa shape index (κ1) is 19.4. The van der Waals surface area contributed by atoms with Crippen LogP contribution in [-0.4, -0.2) is 60.7 Å². The van der Waals surface area contributed by atoms with Gasteiger partial charge in [-0.2, -0.15) is 0 Å². The van der Waals surface area contributed by atoms with Crippen LogP contribution >= 0.6 is 24.0 Å². The molecule has 1 atom stereocenters. The van der Waals surface area contributed by atoms with Crippen molar-refractivity contribution in [3.8, 4) is 0 Å². The molecule has 118 valence electrons. The number of guanidine groups is 1. The summed E-state index contributed by atoms with van der Waals surface area (Å²) < 4.78 is 0. The van der Waals surface area contributed by atoms with E-state index in [2.05, 4.69) is 15.6 Å². The summed E-state index contributed by atoms with van der Waals surface area (Å²) >= 11 is 0. The first-order valence-electron chi connectivity index (χ1n) is 7.03. The summed E-state index contributed by atoms with van der Waals surface area (Å²) in [6.45, 7) is 8.58. The van der Waals surface area contributed by atoms with E-state index in [1.54, 1.807) is 0 Å². The maximum Gasteiger partial charge on any atom is 0.225 e. The van der Waals surface area contributed by atoms with E-state index < -0.39 is 0 Å². The second-order valence-electron chi connectivity index (χ2n) is 5.05. The third kappa shape index (κ3) is 6.25. The molecule has 0 aromatic heterocycles. The van der Waals surface area contributed by atoms with Gasteiger partial charge in [0.05, 0.1) is 13.2 Å². The Morgan fingerprint density at radius 2 is 2.20 bits per heavy atom. The van der Waals surface area contributed by atoms with Gasteiger partial charge in [-0.25, -0.2) is 0 Å². The van der Waals surface area contributed by atoms with Crippen molar-refractivity contribution in [1.82, 2.24) is 15.5 Å². The molecule has 0 aromatic carbocycles. The van der Waals surface area contributed by atoms with Crippen molar-refractivity contribution >= 4 is 35.8 Å². The second kappa shape index (κ2) is 10.2. The zero-order valence-electron chi connectivity index (χ0n) is 12.6. The van der Waals surface area contributed by atoms with Crippen LogP contribution in [0, 0.1) is 5.92 Å². The van der Waals surface area contributed by atoms with Crippen LogP contribution in [-0.2, 0) is 4.79 Å². The Bertz CT molecular complexity index is 323. The number of nitrogens with zero attached hydrogens (tertiary/aromatic N) is 2. The fourth-order valence-electron chi connectivity index (χ4n) is 2.12. The normalized spacial score (nSPS) is 18.9. The Morgan fingerprint density at radius 3 is 2.75 bits per heavy atom. The van der Waals surface area contributed by atoms with Crippen molar-refractivity contribution < 1.29 is 9.90 Å². The first-order valence-corrected chi connectivity index (χ1v) is 7.03. The number of carbonyl (C=O) groups excluding carboxylic acids is 1. The summed E-state index contributed by atoms with van der Waals surface area (Å²) in [7, 11) is 0. The van der Waals surface area contributed by atoms with E-state index in [0.29, 0.717) is 12.5 Å². The van der Waals surface area contributed by atoms with Crippen molar-refractivity contribution in [3.63, 3.8) is 0 Å². The molecule has 1 aliphatic rings. The molecule has 20 heavy (non-hydrogen) atoms. The monoisotopic (exact) mass is 398 g/mol. The smallest absolute Gasteiger partial charge is 0.225 e. The highest BCUT2D eigenvalue weighted by molar-refractivity contribution is 14.0. The lowest BCUT2D eigenvalue weighted by atomic mass is 10.2. The Morgan fingerprint density at radius 1 is 1.50 bits per heavy atom. The van der Waals surface area contributed by atoms with Crippen LogP contribution in [0.2, 0.25) is 0 Å². The molecule has 0 aromatic rings. The maximum absolute atomic E-state index is 11.9. The highest BCUT2D eigenvalue weighted by Crippen LogP contribution is 2.12. The van der Waals surface area contributed by atoms with Gasteiger partial charge in [0.25, 0.3) is 0 Å². The van der Waals surface area contributed by atoms with Crippen molar-refractivity contribution in [2.24, 2.45) is 10.9 Å². The predicted molar refractivity (Wildman–Crippen MR) is 91.4 cm³/mol. The zero-order valence-corrected chi connectivity index (χ0v) is 14.9. The van der Waals surface area contributed by atoms with Gasteiger partial charge in [-0.05, 0) is 13.3 Å². The Hall–Kier alpha value is -0.570. The van der Waals surface area contributed by atoms with E-state index in [9.17, 15) is 4.79 Å². The third-order valence-electron chi connectivity index (χ3n) is 3.05. The molecule has 0 spiro atoms. The SMILES string of the molecule is CCNC(=NCCO)NC1CCN(C(=O)C(C)C)C1.I. The van der Waals surface area contributed by atoms with E-state index >= 15 is 0 Å². The van der Waals surface area contributed by atoms with Crippen LogP contribution < -0.4 is 10.6 Å². The number of hydrogen-bond donors (Lipinski definition) is 3. The third-order valence-corrected chi connectivity index (χ3v) is 3.05. The quantitative estimate of drug-likeness (QED) is 0.356. The van der Waals surface area contributed by atoms with Crippen molar-refractivity contribution in [3.05, 3.63) is 0 Å². The molecule has 1 rings (SSSR count). The number of likely N-dealkylation sites (tertiary alicyclic amines) is 1. The molecular formula is C13H27IN4O2. The van der Waals surface area contributed by atoms with E-state index in [1.807, 2.05) is 25.7 Å². The molecule has 1 unspecified atom stereocenters. The molecule has 0 radical (unpaired) electrons. The Balaban J connectivity index is 0.00000361. The van der Waals surface area contributed by atoms with Gasteiger partial charge in [0, 0.05) is 31.6 Å². The number of halogens is 1. The number of aliphatic hydroxyl groups excluding tert-OH is 1. The standard InChI is InChI=1S/C13H26N4O2.HI/c1-4-14-13(15-6-8-18)16-11-5-7-17(9-11)12(19)10(2)3;/h10-11,18H,4-9H2,1-3H3,(H2,14,15,16);1H. The van der Waals surface area contributed by atoms with Crippen molar-refractivity contribution in [2.75, 3.05) is 32.8 Å². The van der Waals surface area contributed by atoms with Gasteiger partial charge in [0.15, 0.2) is 5.96 Å². The lowest BCUT2D eigenvalue weighted by Gasteiger charge is -2.20. The molecular weight excluding hydrogens is 371 g/mol. The summed E-state index contributed by atoms with van der Waals surface area (Å²) in [5.74, 6) is 0.969. The van der Waals surface area contributed by atoms with Gasteiger partial charge < -0.3 is 20.6 Å². The first-order chi connectivity index (χ1) is 9.08. The summed E-state index contributed by atoms with van der Waals surface area (Å²) in [5, 5.41) is 15.2. The predicted octanol–water partition coefficient (Wildman–Crippen LogP) is 0.409. The van der Waals surface area contributed by atoms with E-state index in [4.69, 9.17) is 5.11 Å². The number of hydrogen-bond acceptors (Lipinski definition) is 3. The Kier molecular flexibility index (Phi) is 9.91. The minimum absolute atomic E-state index is 0. The van der Waals surface area contributed by atoms with E-state index in [-0.39, 0.29) is 48.5 Å². The van der Waals surface area contributed by atoms with E-state index in [1.165, 1.54) is 0 Å². The molecule has 7 heteroatoms. The molecule has 0 bridgehead atoms. The molecule has 0 saturated carbocycles. The molecule has 6 nitrogen and oxygen atoms in total. The van der Waals surface area contributed by atoms with Gasteiger partial charge in [-0.1, -0.05) is 13.8 Å². The van der Waals surface area contributed by atoms with Crippen molar-refractivity contribution in [1.29, 1.82) is 0 Å². The number of amides is 1. The van der Waals surface area contributed by atoms with Gasteiger partial charge in [0.1, 0.15) is 0 Å². The fraction of sp³-hybridized carbons (Fsp3) is 0.846. The molecule has 1 fully saturated rings. The minimum Gasteiger partial charge on any atom is -0.394 e. The number of rotatable bonds is 5. The van der Waals surface area contributed by atoms with Gasteiger partial charge >= 0.3 is 0 Å². The zero-order chi connectivity index (χ0) is 14.3. The summed E-state index contributed by atoms with van der Waals surface area (Å²) in [4.78, 5) is 18.0. The highest BCUT2D eigenvalue weighted by atomic mass is 127. The molecule has 1 aliphatic heterocycles. The molecule has 3 N–H and O–H groups in total. The molecule has 1 heterocycles. The van der Waals surface area contributed by atoms with Gasteiger partial charge in [0.2, 0.25) is 5.91 Å². The average Bonchev–Trinajstić information content (AvgIpc) is 2.83. The summed E-state index contributed by atoms with van der Waals surface area (Å²) in [5.41, 5.74) is 0. The van der Waals surface area contributed by atoms with Crippen LogP contribution in [0.1, 0.15) is 27.2 Å². The van der Waals surface area contributed by atoms with Gasteiger partial charge in [-0.15, -0.1) is 24.0 Å². The van der Waals surface area contributed by atoms with Crippen LogP contribution in [0.25, 0.3) is 0 Å². The fourth-order valence-corrected chi connectivity index (χ4v) is 2.12. The number of aliphatic imine (C=N–C) groups is 1. The van der Waals surface area contributed by atoms with E-state index in [0.717, 1.165) is 26.1 Å². The summed E-state index contributed by atoms with van der Waals surface area (Å²) in [6.07, 6.45) is 0.933. The molecule has 1 saturated heterocycles. The molecule has 0 aliphatic carbocycles. The van der Waals surface area contributed by atoms with Crippen molar-refractivity contribution in [2.45, 2.75) is 33.2 Å². The van der Waals surface area contributed by atoms with Crippen LogP contribution in [0.15, 0.2) is 4.99 Å². The van der Waals surface area contributed by atoms with Crippen LogP contribution in [0.5, 0.6) is 0 Å². The number of nitrogens with one attached hydrogen (secondary N) is 2. The van der Waals surface area contributed by atoms with Crippen LogP contribution in [0.4, 0.5) is 0 Å².